The number of halogens is 2. The van der Waals surface area contributed by atoms with E-state index in [4.69, 9.17) is 18.9 Å². The molecule has 0 fully saturated rings. The number of carbonyl (C=O) groups excluding carboxylic acids is 1. The lowest BCUT2D eigenvalue weighted by molar-refractivity contribution is 0.0697. The Bertz CT molecular complexity index is 2260. The molecule has 0 spiro atoms. The van der Waals surface area contributed by atoms with Gasteiger partial charge in [-0.3, -0.25) is 4.79 Å². The number of nitrogens with one attached hydrogen (secondary N) is 1. The first-order chi connectivity index (χ1) is 25.5. The van der Waals surface area contributed by atoms with Crippen LogP contribution in [0.15, 0.2) is 73.3 Å². The number of ether oxygens (including phenoxy) is 4. The lowest BCUT2D eigenvalue weighted by Gasteiger charge is -2.19. The number of fused-ring (bicyclic) bond motifs is 3. The molecule has 0 aliphatic carbocycles. The number of carboxylic acid groups (broad SMARTS) is 1. The average Bonchev–Trinajstić information content (AvgIpc) is 3.76. The van der Waals surface area contributed by atoms with Gasteiger partial charge in [0.2, 0.25) is 11.8 Å². The zero-order valence-electron chi connectivity index (χ0n) is 29.2. The van der Waals surface area contributed by atoms with Crippen molar-refractivity contribution in [2.24, 2.45) is 0 Å². The summed E-state index contributed by atoms with van der Waals surface area (Å²) in [6.07, 6.45) is 4.86. The SMILES string of the molecule is C.CNCCOc1ccc(F)cc1C(C)Oc1ccn2ncc(C(=O)O)c2n1.C[C@H]1Oc2ccn3ncc(c3n2)C(=O)N(C)CCOc2ccc(F)cc21. The van der Waals surface area contributed by atoms with E-state index in [-0.39, 0.29) is 42.8 Å². The minimum Gasteiger partial charge on any atom is -0.492 e. The van der Waals surface area contributed by atoms with Crippen LogP contribution in [0.4, 0.5) is 8.78 Å². The Morgan fingerprint density at radius 1 is 1.04 bits per heavy atom. The molecule has 2 aromatic carbocycles. The lowest BCUT2D eigenvalue weighted by atomic mass is 10.1. The van der Waals surface area contributed by atoms with Crippen LogP contribution in [0, 0.1) is 11.6 Å². The summed E-state index contributed by atoms with van der Waals surface area (Å²) in [6, 6.07) is 11.7. The minimum atomic E-state index is -1.13. The van der Waals surface area contributed by atoms with Crippen LogP contribution in [-0.4, -0.2) is 91.5 Å². The van der Waals surface area contributed by atoms with Gasteiger partial charge in [0.1, 0.15) is 59.7 Å². The Labute approximate surface area is 309 Å². The molecule has 0 radical (unpaired) electrons. The maximum Gasteiger partial charge on any atom is 0.341 e. The second kappa shape index (κ2) is 17.0. The lowest BCUT2D eigenvalue weighted by Crippen LogP contribution is -2.31. The maximum absolute atomic E-state index is 13.7. The summed E-state index contributed by atoms with van der Waals surface area (Å²) >= 11 is 0. The molecule has 4 aromatic heterocycles. The molecule has 0 saturated heterocycles. The second-order valence-corrected chi connectivity index (χ2v) is 11.9. The van der Waals surface area contributed by atoms with E-state index >= 15 is 0 Å². The van der Waals surface area contributed by atoms with E-state index in [1.54, 1.807) is 57.6 Å². The highest BCUT2D eigenvalue weighted by molar-refractivity contribution is 5.99. The molecule has 2 bridgehead atoms. The number of nitrogens with zero attached hydrogens (tertiary/aromatic N) is 7. The molecule has 1 unspecified atom stereocenters. The van der Waals surface area contributed by atoms with Crippen molar-refractivity contribution in [2.75, 3.05) is 40.4 Å². The predicted octanol–water partition coefficient (Wildman–Crippen LogP) is 5.41. The van der Waals surface area contributed by atoms with Gasteiger partial charge in [0.15, 0.2) is 11.3 Å². The highest BCUT2D eigenvalue weighted by Gasteiger charge is 2.22. The Kier molecular flexibility index (Phi) is 12.2. The summed E-state index contributed by atoms with van der Waals surface area (Å²) in [5.74, 6) is -0.582. The average molecular weight is 747 g/mol. The van der Waals surface area contributed by atoms with Gasteiger partial charge >= 0.3 is 5.97 Å². The number of aromatic carboxylic acids is 1. The number of carboxylic acids is 1. The zero-order chi connectivity index (χ0) is 37.6. The van der Waals surface area contributed by atoms with Crippen LogP contribution >= 0.6 is 0 Å². The van der Waals surface area contributed by atoms with Gasteiger partial charge in [0.05, 0.1) is 18.9 Å². The van der Waals surface area contributed by atoms with E-state index < -0.39 is 24.0 Å². The highest BCUT2D eigenvalue weighted by atomic mass is 19.1. The zero-order valence-corrected chi connectivity index (χ0v) is 29.2. The number of benzene rings is 2. The standard InChI is InChI=1S/C18H19FN4O4.C18H17FN4O3.CH4/c1-11(13-9-12(19)3-4-15(13)26-8-6-20-2)27-16-5-7-23-17(22-16)14(10-21-23)18(24)25;1-11-13-9-12(19)3-4-15(13)25-8-7-22(2)18(24)14-10-20-23-6-5-16(26-11)21-17(14)23;/h3-5,7,9-11,20H,6,8H2,1-2H3,(H,24,25);3-6,9-11H,7-8H2,1-2H3;1H4/t;11-;/m.1./s1. The Morgan fingerprint density at radius 3 is 2.54 bits per heavy atom. The van der Waals surface area contributed by atoms with Crippen LogP contribution < -0.4 is 24.3 Å². The molecule has 1 amide bonds. The van der Waals surface area contributed by atoms with E-state index in [0.717, 1.165) is 0 Å². The fourth-order valence-electron chi connectivity index (χ4n) is 5.43. The van der Waals surface area contributed by atoms with Crippen molar-refractivity contribution in [3.63, 3.8) is 0 Å². The molecule has 0 saturated carbocycles. The first kappa shape index (κ1) is 38.9. The summed E-state index contributed by atoms with van der Waals surface area (Å²) in [4.78, 5) is 34.1. The minimum absolute atomic E-state index is 0. The van der Waals surface area contributed by atoms with E-state index in [1.165, 1.54) is 50.6 Å². The number of hydrogen-bond donors (Lipinski definition) is 2. The van der Waals surface area contributed by atoms with Crippen molar-refractivity contribution in [3.05, 3.63) is 107 Å². The van der Waals surface area contributed by atoms with E-state index in [1.807, 2.05) is 7.05 Å². The third-order valence-electron chi connectivity index (χ3n) is 8.20. The van der Waals surface area contributed by atoms with Gasteiger partial charge in [-0.1, -0.05) is 7.43 Å². The third-order valence-corrected chi connectivity index (χ3v) is 8.20. The molecule has 7 rings (SSSR count). The Hall–Kier alpha value is -6.36. The van der Waals surface area contributed by atoms with Crippen LogP contribution in [0.3, 0.4) is 0 Å². The van der Waals surface area contributed by atoms with E-state index in [2.05, 4.69) is 25.5 Å². The predicted molar refractivity (Wildman–Crippen MR) is 192 cm³/mol. The molecule has 6 aromatic rings. The Morgan fingerprint density at radius 2 is 1.76 bits per heavy atom. The number of hydrogen-bond acceptors (Lipinski definition) is 11. The fourth-order valence-corrected chi connectivity index (χ4v) is 5.43. The summed E-state index contributed by atoms with van der Waals surface area (Å²) in [5, 5.41) is 20.2. The molecule has 2 N–H and O–H groups in total. The molecule has 17 heteroatoms. The third kappa shape index (κ3) is 8.63. The van der Waals surface area contributed by atoms with E-state index in [9.17, 15) is 23.5 Å². The first-order valence-electron chi connectivity index (χ1n) is 16.5. The van der Waals surface area contributed by atoms with Crippen molar-refractivity contribution in [3.8, 4) is 23.3 Å². The molecule has 54 heavy (non-hydrogen) atoms. The van der Waals surface area contributed by atoms with Crippen LogP contribution in [0.25, 0.3) is 11.3 Å². The first-order valence-corrected chi connectivity index (χ1v) is 16.5. The number of likely N-dealkylation sites (N-methyl/N-ethyl adjacent to an activating group) is 2. The van der Waals surface area contributed by atoms with Gasteiger partial charge in [-0.2, -0.15) is 20.2 Å². The number of carbonyl (C=O) groups is 2. The van der Waals surface area contributed by atoms with Crippen molar-refractivity contribution in [2.45, 2.75) is 33.5 Å². The van der Waals surface area contributed by atoms with Gasteiger partial charge < -0.3 is 34.3 Å². The highest BCUT2D eigenvalue weighted by Crippen LogP contribution is 2.31. The normalized spacial score (nSPS) is 14.6. The molecule has 284 valence electrons. The molecule has 5 heterocycles. The molecular formula is C37H40F2N8O7. The second-order valence-electron chi connectivity index (χ2n) is 11.9. The summed E-state index contributed by atoms with van der Waals surface area (Å²) < 4.78 is 53.5. The van der Waals surface area contributed by atoms with E-state index in [0.29, 0.717) is 59.4 Å². The number of aromatic nitrogens is 6. The van der Waals surface area contributed by atoms with Crippen molar-refractivity contribution in [1.29, 1.82) is 0 Å². The summed E-state index contributed by atoms with van der Waals surface area (Å²) in [5.41, 5.74) is 2.03. The van der Waals surface area contributed by atoms with Gasteiger partial charge in [0, 0.05) is 49.2 Å². The smallest absolute Gasteiger partial charge is 0.341 e. The topological polar surface area (TPSA) is 167 Å². The van der Waals surface area contributed by atoms with Crippen LogP contribution in [-0.2, 0) is 0 Å². The van der Waals surface area contributed by atoms with Crippen molar-refractivity contribution < 1.29 is 42.4 Å². The van der Waals surface area contributed by atoms with Gasteiger partial charge in [0.25, 0.3) is 5.91 Å². The quantitative estimate of drug-likeness (QED) is 0.190. The van der Waals surface area contributed by atoms with Crippen LogP contribution in [0.1, 0.15) is 65.3 Å². The number of amides is 1. The molecule has 15 nitrogen and oxygen atoms in total. The monoisotopic (exact) mass is 746 g/mol. The number of rotatable bonds is 8. The molecule has 2 atom stereocenters. The summed E-state index contributed by atoms with van der Waals surface area (Å²) in [7, 11) is 3.49. The molecular weight excluding hydrogens is 706 g/mol. The van der Waals surface area contributed by atoms with Crippen molar-refractivity contribution >= 4 is 23.2 Å². The van der Waals surface area contributed by atoms with Gasteiger partial charge in [-0.15, -0.1) is 0 Å². The van der Waals surface area contributed by atoms with Gasteiger partial charge in [-0.05, 0) is 57.3 Å². The molecule has 1 aliphatic rings. The largest absolute Gasteiger partial charge is 0.492 e. The van der Waals surface area contributed by atoms with Crippen molar-refractivity contribution in [1.82, 2.24) is 39.4 Å². The van der Waals surface area contributed by atoms with Crippen LogP contribution in [0.2, 0.25) is 0 Å². The molecule has 1 aliphatic heterocycles. The van der Waals surface area contributed by atoms with Gasteiger partial charge in [-0.25, -0.2) is 22.6 Å². The maximum atomic E-state index is 13.7. The van der Waals surface area contributed by atoms with Crippen LogP contribution in [0.5, 0.6) is 23.3 Å². The Balaban J connectivity index is 0.000000204. The summed E-state index contributed by atoms with van der Waals surface area (Å²) in [6.45, 7) is 5.22. The fraction of sp³-hybridized carbons (Fsp3) is 0.297.